The van der Waals surface area contributed by atoms with Gasteiger partial charge in [0.25, 0.3) is 0 Å². The van der Waals surface area contributed by atoms with Crippen LogP contribution in [0.4, 0.5) is 0 Å². The summed E-state index contributed by atoms with van der Waals surface area (Å²) in [6.45, 7) is -0.137. The number of nitrogens with zero attached hydrogens (tertiary/aromatic N) is 1. The first-order chi connectivity index (χ1) is 8.79. The molecular weight excluding hydrogens is 182 g/mol. The van der Waals surface area contributed by atoms with Crippen LogP contribution in [0.25, 0.3) is 11.3 Å². The van der Waals surface area contributed by atoms with E-state index in [1.54, 1.807) is 24.4 Å². The van der Waals surface area contributed by atoms with Crippen LogP contribution >= 0.6 is 0 Å². The van der Waals surface area contributed by atoms with E-state index in [9.17, 15) is 0 Å². The minimum Gasteiger partial charge on any atom is -0.201 e. The lowest BCUT2D eigenvalue weighted by Gasteiger charge is -2.03. The molecule has 0 amide bonds. The Labute approximate surface area is 96.6 Å². The number of hydrogen-bond donors (Lipinski definition) is 0. The van der Waals surface area contributed by atoms with Crippen molar-refractivity contribution in [3.63, 3.8) is 0 Å². The van der Waals surface area contributed by atoms with Gasteiger partial charge in [-0.1, -0.05) is 18.2 Å². The summed E-state index contributed by atoms with van der Waals surface area (Å²) in [4.78, 5) is 0. The molecule has 1 heteroatoms. The fraction of sp³-hybridized carbons (Fsp3) is 0.214. The summed E-state index contributed by atoms with van der Waals surface area (Å²) in [6, 6.07) is 9.35. The lowest BCUT2D eigenvalue weighted by Crippen LogP contribution is -2.30. The van der Waals surface area contributed by atoms with Crippen LogP contribution in [0.5, 0.6) is 0 Å². The third-order valence-electron chi connectivity index (χ3n) is 2.48. The second kappa shape index (κ2) is 3.85. The molecule has 0 N–H and O–H groups in total. The van der Waals surface area contributed by atoms with Crippen LogP contribution in [0.2, 0.25) is 0 Å². The Morgan fingerprint density at radius 3 is 2.80 bits per heavy atom. The van der Waals surface area contributed by atoms with E-state index in [1.165, 1.54) is 0 Å². The minimum absolute atomic E-state index is 0.327. The van der Waals surface area contributed by atoms with Gasteiger partial charge in [-0.2, -0.15) is 0 Å². The first kappa shape index (κ1) is 6.06. The Balaban J connectivity index is 2.52. The molecule has 1 aromatic heterocycles. The standard InChI is InChI=1S/C14H16N/c1-11-8-9-14(15(3)10-11)13-7-5-4-6-12(13)2/h4-10H,1-3H3/q+1/i1D3,4D. The third kappa shape index (κ3) is 1.91. The van der Waals surface area contributed by atoms with Crippen LogP contribution in [0.1, 0.15) is 16.6 Å². The number of pyridine rings is 1. The van der Waals surface area contributed by atoms with E-state index in [0.29, 0.717) is 11.6 Å². The van der Waals surface area contributed by atoms with Crippen LogP contribution in [0, 0.1) is 13.8 Å². The molecule has 15 heavy (non-hydrogen) atoms. The zero-order valence-corrected chi connectivity index (χ0v) is 8.91. The number of benzene rings is 1. The Hall–Kier alpha value is -1.63. The van der Waals surface area contributed by atoms with Crippen molar-refractivity contribution < 1.29 is 10.1 Å². The van der Waals surface area contributed by atoms with Gasteiger partial charge in [-0.15, -0.1) is 0 Å². The molecule has 2 aromatic rings. The number of aromatic nitrogens is 1. The van der Waals surface area contributed by atoms with Crippen molar-refractivity contribution in [3.8, 4) is 11.3 Å². The van der Waals surface area contributed by atoms with Crippen LogP contribution in [0.3, 0.4) is 0 Å². The summed E-state index contributed by atoms with van der Waals surface area (Å²) in [5.74, 6) is 0. The lowest BCUT2D eigenvalue weighted by molar-refractivity contribution is -0.660. The van der Waals surface area contributed by atoms with Gasteiger partial charge in [0.05, 0.1) is 1.37 Å². The van der Waals surface area contributed by atoms with E-state index >= 15 is 0 Å². The third-order valence-corrected chi connectivity index (χ3v) is 2.48. The van der Waals surface area contributed by atoms with Crippen molar-refractivity contribution in [1.29, 1.82) is 0 Å². The van der Waals surface area contributed by atoms with Crippen LogP contribution in [-0.2, 0) is 7.05 Å². The highest BCUT2D eigenvalue weighted by molar-refractivity contribution is 5.60. The molecular formula is C14H16N+. The van der Waals surface area contributed by atoms with E-state index in [1.807, 2.05) is 30.7 Å². The molecule has 1 aromatic carbocycles. The van der Waals surface area contributed by atoms with Crippen molar-refractivity contribution >= 4 is 0 Å². The average Bonchev–Trinajstić information content (AvgIpc) is 2.28. The predicted octanol–water partition coefficient (Wildman–Crippen LogP) is 2.79. The topological polar surface area (TPSA) is 3.88 Å². The van der Waals surface area contributed by atoms with Crippen molar-refractivity contribution in [3.05, 3.63) is 53.7 Å². The van der Waals surface area contributed by atoms with E-state index in [0.717, 1.165) is 16.8 Å². The molecule has 0 bridgehead atoms. The summed E-state index contributed by atoms with van der Waals surface area (Å²) < 4.78 is 31.6. The summed E-state index contributed by atoms with van der Waals surface area (Å²) >= 11 is 0. The summed E-state index contributed by atoms with van der Waals surface area (Å²) in [5, 5.41) is 0. The Kier molecular flexibility index (Phi) is 1.56. The highest BCUT2D eigenvalue weighted by Gasteiger charge is 2.10. The normalized spacial score (nSPS) is 15.1. The second-order valence-corrected chi connectivity index (χ2v) is 3.65. The zero-order valence-electron chi connectivity index (χ0n) is 12.9. The summed E-state index contributed by atoms with van der Waals surface area (Å²) in [5.41, 5.74) is 3.28. The average molecular weight is 202 g/mol. The number of hydrogen-bond acceptors (Lipinski definition) is 0. The van der Waals surface area contributed by atoms with E-state index in [2.05, 4.69) is 0 Å². The Bertz CT molecular complexity index is 617. The lowest BCUT2D eigenvalue weighted by atomic mass is 10.0. The van der Waals surface area contributed by atoms with Gasteiger partial charge in [0.1, 0.15) is 7.05 Å². The molecule has 0 aliphatic heterocycles. The molecule has 0 atom stereocenters. The maximum Gasteiger partial charge on any atom is 0.212 e. The molecule has 1 nitrogen and oxygen atoms in total. The minimum atomic E-state index is -2.09. The molecule has 0 unspecified atom stereocenters. The molecule has 0 aliphatic carbocycles. The van der Waals surface area contributed by atoms with Crippen molar-refractivity contribution in [2.24, 2.45) is 7.05 Å². The van der Waals surface area contributed by atoms with Crippen LogP contribution in [0.15, 0.2) is 42.6 Å². The van der Waals surface area contributed by atoms with Crippen LogP contribution < -0.4 is 4.57 Å². The van der Waals surface area contributed by atoms with Crippen LogP contribution in [-0.4, -0.2) is 0 Å². The SMILES string of the molecule is [2H]c1ccc(-c2ccc(C([2H])([2H])[2H])c[n+]2C)c(C)c1. The highest BCUT2D eigenvalue weighted by atomic mass is 14.9. The van der Waals surface area contributed by atoms with Crippen molar-refractivity contribution in [2.45, 2.75) is 13.8 Å². The van der Waals surface area contributed by atoms with Crippen molar-refractivity contribution in [2.75, 3.05) is 0 Å². The number of aryl methyl sites for hydroxylation is 3. The van der Waals surface area contributed by atoms with Gasteiger partial charge in [-0.3, -0.25) is 0 Å². The molecule has 0 saturated heterocycles. The van der Waals surface area contributed by atoms with Crippen molar-refractivity contribution in [1.82, 2.24) is 0 Å². The Morgan fingerprint density at radius 2 is 2.13 bits per heavy atom. The molecule has 2 rings (SSSR count). The monoisotopic (exact) mass is 202 g/mol. The first-order valence-electron chi connectivity index (χ1n) is 6.87. The molecule has 0 saturated carbocycles. The smallest absolute Gasteiger partial charge is 0.201 e. The second-order valence-electron chi connectivity index (χ2n) is 3.65. The van der Waals surface area contributed by atoms with Gasteiger partial charge in [-0.05, 0) is 31.5 Å². The van der Waals surface area contributed by atoms with E-state index in [-0.39, 0.29) is 0 Å². The largest absolute Gasteiger partial charge is 0.212 e. The highest BCUT2D eigenvalue weighted by Crippen LogP contribution is 2.19. The van der Waals surface area contributed by atoms with Gasteiger partial charge >= 0.3 is 0 Å². The fourth-order valence-corrected chi connectivity index (χ4v) is 1.69. The Morgan fingerprint density at radius 1 is 1.27 bits per heavy atom. The summed E-state index contributed by atoms with van der Waals surface area (Å²) in [7, 11) is 1.83. The molecule has 76 valence electrons. The predicted molar refractivity (Wildman–Crippen MR) is 62.5 cm³/mol. The van der Waals surface area contributed by atoms with E-state index < -0.39 is 6.85 Å². The molecule has 0 radical (unpaired) electrons. The first-order valence-corrected chi connectivity index (χ1v) is 4.87. The maximum atomic E-state index is 7.58. The molecule has 0 aliphatic rings. The molecule has 1 heterocycles. The maximum absolute atomic E-state index is 7.58. The van der Waals surface area contributed by atoms with Gasteiger partial charge in [0, 0.05) is 21.3 Å². The molecule has 0 fully saturated rings. The van der Waals surface area contributed by atoms with E-state index in [4.69, 9.17) is 5.48 Å². The molecule has 0 spiro atoms. The van der Waals surface area contributed by atoms with Gasteiger partial charge in [0.2, 0.25) is 5.69 Å². The summed E-state index contributed by atoms with van der Waals surface area (Å²) in [6.07, 6.45) is 1.64. The number of rotatable bonds is 1. The van der Waals surface area contributed by atoms with Gasteiger partial charge < -0.3 is 0 Å². The fourth-order valence-electron chi connectivity index (χ4n) is 1.69. The van der Waals surface area contributed by atoms with Gasteiger partial charge in [-0.25, -0.2) is 4.57 Å². The van der Waals surface area contributed by atoms with Gasteiger partial charge in [0.15, 0.2) is 6.20 Å². The zero-order chi connectivity index (χ0) is 14.2. The quantitative estimate of drug-likeness (QED) is 0.626.